The van der Waals surface area contributed by atoms with Gasteiger partial charge in [-0.1, -0.05) is 22.9 Å². The molecule has 0 aromatic heterocycles. The molecule has 0 bridgehead atoms. The minimum absolute atomic E-state index is 0.177. The van der Waals surface area contributed by atoms with Gasteiger partial charge >= 0.3 is 0 Å². The SMILES string of the molecule is CCS(=O)(=O)CCCC(NC)c1cc(I)ccc1Br. The number of nitrogens with one attached hydrogen (secondary N) is 1. The first-order chi connectivity index (χ1) is 8.89. The van der Waals surface area contributed by atoms with Gasteiger partial charge in [0.05, 0.1) is 5.75 Å². The molecule has 1 atom stereocenters. The number of hydrogen-bond acceptors (Lipinski definition) is 3. The van der Waals surface area contributed by atoms with Crippen LogP contribution >= 0.6 is 38.5 Å². The summed E-state index contributed by atoms with van der Waals surface area (Å²) in [6.45, 7) is 1.70. The first-order valence-corrected chi connectivity index (χ1v) is 9.91. The maximum atomic E-state index is 11.5. The van der Waals surface area contributed by atoms with Gasteiger partial charge in [0.25, 0.3) is 0 Å². The fourth-order valence-corrected chi connectivity index (χ4v) is 3.82. The Hall–Kier alpha value is 0.340. The molecule has 0 fully saturated rings. The highest BCUT2D eigenvalue weighted by Gasteiger charge is 2.15. The van der Waals surface area contributed by atoms with Crippen molar-refractivity contribution >= 4 is 48.4 Å². The molecule has 1 aromatic carbocycles. The molecule has 0 aliphatic heterocycles. The van der Waals surface area contributed by atoms with E-state index in [4.69, 9.17) is 0 Å². The highest BCUT2D eigenvalue weighted by Crippen LogP contribution is 2.28. The van der Waals surface area contributed by atoms with Crippen molar-refractivity contribution in [1.29, 1.82) is 0 Å². The van der Waals surface area contributed by atoms with Gasteiger partial charge < -0.3 is 5.32 Å². The monoisotopic (exact) mass is 459 g/mol. The second-order valence-electron chi connectivity index (χ2n) is 4.39. The lowest BCUT2D eigenvalue weighted by Gasteiger charge is -2.18. The second-order valence-corrected chi connectivity index (χ2v) is 8.96. The summed E-state index contributed by atoms with van der Waals surface area (Å²) in [4.78, 5) is 0. The van der Waals surface area contributed by atoms with E-state index in [0.717, 1.165) is 10.9 Å². The van der Waals surface area contributed by atoms with Crippen LogP contribution < -0.4 is 5.32 Å². The summed E-state index contributed by atoms with van der Waals surface area (Å²) < 4.78 is 25.2. The van der Waals surface area contributed by atoms with E-state index in [2.05, 4.69) is 49.9 Å². The molecule has 6 heteroatoms. The molecule has 0 aliphatic carbocycles. The Morgan fingerprint density at radius 1 is 1.42 bits per heavy atom. The van der Waals surface area contributed by atoms with Crippen LogP contribution in [0, 0.1) is 3.57 Å². The smallest absolute Gasteiger partial charge is 0.150 e. The van der Waals surface area contributed by atoms with E-state index in [1.807, 2.05) is 19.2 Å². The van der Waals surface area contributed by atoms with Gasteiger partial charge in [-0.2, -0.15) is 0 Å². The highest BCUT2D eigenvalue weighted by molar-refractivity contribution is 14.1. The molecular weight excluding hydrogens is 441 g/mol. The van der Waals surface area contributed by atoms with Gasteiger partial charge in [0.15, 0.2) is 0 Å². The van der Waals surface area contributed by atoms with E-state index in [1.165, 1.54) is 9.13 Å². The molecule has 0 saturated carbocycles. The number of rotatable bonds is 7. The van der Waals surface area contributed by atoms with Crippen molar-refractivity contribution in [3.63, 3.8) is 0 Å². The molecule has 0 amide bonds. The number of halogens is 2. The number of sulfone groups is 1. The Kier molecular flexibility index (Phi) is 7.28. The van der Waals surface area contributed by atoms with Crippen molar-refractivity contribution in [1.82, 2.24) is 5.32 Å². The van der Waals surface area contributed by atoms with Crippen molar-refractivity contribution in [2.24, 2.45) is 0 Å². The molecule has 0 spiro atoms. The minimum Gasteiger partial charge on any atom is -0.313 e. The molecule has 0 heterocycles. The largest absolute Gasteiger partial charge is 0.313 e. The summed E-state index contributed by atoms with van der Waals surface area (Å²) in [6, 6.07) is 6.38. The van der Waals surface area contributed by atoms with Crippen molar-refractivity contribution < 1.29 is 8.42 Å². The molecule has 1 rings (SSSR count). The van der Waals surface area contributed by atoms with Gasteiger partial charge in [-0.25, -0.2) is 8.42 Å². The summed E-state index contributed by atoms with van der Waals surface area (Å²) in [6.07, 6.45) is 1.49. The van der Waals surface area contributed by atoms with Crippen LogP contribution in [0.4, 0.5) is 0 Å². The van der Waals surface area contributed by atoms with Crippen molar-refractivity contribution in [3.8, 4) is 0 Å². The standard InChI is InChI=1S/C13H19BrINO2S/c1-3-19(17,18)8-4-5-13(16-2)11-9-10(15)6-7-12(11)14/h6-7,9,13,16H,3-5,8H2,1-2H3. The van der Waals surface area contributed by atoms with E-state index >= 15 is 0 Å². The first kappa shape index (κ1) is 17.4. The lowest BCUT2D eigenvalue weighted by atomic mass is 10.0. The molecule has 1 N–H and O–H groups in total. The Bertz CT molecular complexity index is 519. The third-order valence-electron chi connectivity index (χ3n) is 3.07. The molecule has 0 saturated heterocycles. The summed E-state index contributed by atoms with van der Waals surface area (Å²) in [5.74, 6) is 0.493. The quantitative estimate of drug-likeness (QED) is 0.634. The van der Waals surface area contributed by atoms with Crippen LogP contribution in [0.1, 0.15) is 31.4 Å². The Balaban J connectivity index is 2.71. The van der Waals surface area contributed by atoms with E-state index < -0.39 is 9.84 Å². The zero-order chi connectivity index (χ0) is 14.5. The maximum Gasteiger partial charge on any atom is 0.150 e. The van der Waals surface area contributed by atoms with Crippen LogP contribution in [-0.2, 0) is 9.84 Å². The van der Waals surface area contributed by atoms with Crippen LogP contribution in [0.2, 0.25) is 0 Å². The zero-order valence-electron chi connectivity index (χ0n) is 11.1. The molecular formula is C13H19BrINO2S. The normalized spacial score (nSPS) is 13.5. The predicted molar refractivity (Wildman–Crippen MR) is 92.2 cm³/mol. The van der Waals surface area contributed by atoms with Gasteiger partial charge in [0, 0.05) is 19.8 Å². The second kappa shape index (κ2) is 7.95. The lowest BCUT2D eigenvalue weighted by molar-refractivity contribution is 0.533. The van der Waals surface area contributed by atoms with Crippen molar-refractivity contribution in [2.45, 2.75) is 25.8 Å². The fourth-order valence-electron chi connectivity index (χ4n) is 1.89. The van der Waals surface area contributed by atoms with Crippen molar-refractivity contribution in [3.05, 3.63) is 31.8 Å². The molecule has 1 unspecified atom stereocenters. The van der Waals surface area contributed by atoms with Gasteiger partial charge in [0.1, 0.15) is 9.84 Å². The Labute approximate surface area is 137 Å². The fraction of sp³-hybridized carbons (Fsp3) is 0.538. The minimum atomic E-state index is -2.86. The van der Waals surface area contributed by atoms with E-state index in [1.54, 1.807) is 6.92 Å². The summed E-state index contributed by atoms with van der Waals surface area (Å²) >= 11 is 5.84. The third-order valence-corrected chi connectivity index (χ3v) is 6.25. The van der Waals surface area contributed by atoms with E-state index in [-0.39, 0.29) is 17.5 Å². The average molecular weight is 460 g/mol. The third kappa shape index (κ3) is 5.69. The molecule has 0 radical (unpaired) electrons. The molecule has 3 nitrogen and oxygen atoms in total. The van der Waals surface area contributed by atoms with Crippen LogP contribution in [0.25, 0.3) is 0 Å². The number of hydrogen-bond donors (Lipinski definition) is 1. The van der Waals surface area contributed by atoms with E-state index in [0.29, 0.717) is 6.42 Å². The van der Waals surface area contributed by atoms with Crippen LogP contribution in [0.5, 0.6) is 0 Å². The lowest BCUT2D eigenvalue weighted by Crippen LogP contribution is -2.19. The van der Waals surface area contributed by atoms with Crippen molar-refractivity contribution in [2.75, 3.05) is 18.6 Å². The summed E-state index contributed by atoms with van der Waals surface area (Å²) in [5.41, 5.74) is 1.18. The predicted octanol–water partition coefficient (Wildman–Crippen LogP) is 3.53. The molecule has 19 heavy (non-hydrogen) atoms. The van der Waals surface area contributed by atoms with Crippen LogP contribution in [0.15, 0.2) is 22.7 Å². The highest BCUT2D eigenvalue weighted by atomic mass is 127. The zero-order valence-corrected chi connectivity index (χ0v) is 15.7. The van der Waals surface area contributed by atoms with Gasteiger partial charge in [-0.05, 0) is 66.2 Å². The van der Waals surface area contributed by atoms with E-state index in [9.17, 15) is 8.42 Å². The molecule has 0 aliphatic rings. The first-order valence-electron chi connectivity index (χ1n) is 6.22. The summed E-state index contributed by atoms with van der Waals surface area (Å²) in [5, 5.41) is 3.26. The average Bonchev–Trinajstić information content (AvgIpc) is 2.38. The van der Waals surface area contributed by atoms with Crippen LogP contribution in [-0.4, -0.2) is 27.0 Å². The summed E-state index contributed by atoms with van der Waals surface area (Å²) in [7, 11) is -0.957. The molecule has 1 aromatic rings. The van der Waals surface area contributed by atoms with Crippen LogP contribution in [0.3, 0.4) is 0 Å². The molecule has 108 valence electrons. The van der Waals surface area contributed by atoms with Gasteiger partial charge in [-0.15, -0.1) is 0 Å². The Morgan fingerprint density at radius 3 is 2.68 bits per heavy atom. The number of benzene rings is 1. The van der Waals surface area contributed by atoms with Gasteiger partial charge in [-0.3, -0.25) is 0 Å². The topological polar surface area (TPSA) is 46.2 Å². The Morgan fingerprint density at radius 2 is 2.11 bits per heavy atom. The van der Waals surface area contributed by atoms with Gasteiger partial charge in [0.2, 0.25) is 0 Å². The maximum absolute atomic E-state index is 11.5.